The number of aliphatic hydroxyl groups excluding tert-OH is 12. The highest BCUT2D eigenvalue weighted by Gasteiger charge is 2.49. The highest BCUT2D eigenvalue weighted by Crippen LogP contribution is 2.41. The topological polar surface area (TPSA) is 337 Å². The van der Waals surface area contributed by atoms with Gasteiger partial charge in [-0.3, -0.25) is 0 Å². The zero-order chi connectivity index (χ0) is 39.9. The SMILES string of the molecule is COc1cc(C2=C(OC3OC(COC4OC(CO)C(O)C(O)C4O)C(O)C(O)C3O)C=C3C(OC4OC(CO)C(O)C(O)C4O)=CC(O)=CC3O2)ccc1O. The van der Waals surface area contributed by atoms with E-state index >= 15 is 0 Å². The zero-order valence-electron chi connectivity index (χ0n) is 28.9. The number of methoxy groups -OCH3 is 1. The fraction of sp³-hybridized carbons (Fsp3) is 0.588. The maximum absolute atomic E-state index is 11.0. The van der Waals surface area contributed by atoms with Crippen molar-refractivity contribution < 1.29 is 104 Å². The second-order valence-electron chi connectivity index (χ2n) is 13.3. The van der Waals surface area contributed by atoms with Crippen molar-refractivity contribution in [1.29, 1.82) is 0 Å². The molecule has 4 heterocycles. The highest BCUT2D eigenvalue weighted by molar-refractivity contribution is 5.70. The normalized spacial score (nSPS) is 40.6. The third-order valence-corrected chi connectivity index (χ3v) is 9.67. The van der Waals surface area contributed by atoms with Crippen LogP contribution >= 0.6 is 0 Å². The van der Waals surface area contributed by atoms with E-state index in [0.717, 1.165) is 6.08 Å². The monoisotopic (exact) mass is 788 g/mol. The molecule has 1 aliphatic carbocycles. The minimum atomic E-state index is -1.94. The van der Waals surface area contributed by atoms with Gasteiger partial charge in [0.05, 0.1) is 26.9 Å². The van der Waals surface area contributed by atoms with Gasteiger partial charge in [0.15, 0.2) is 29.3 Å². The van der Waals surface area contributed by atoms with Crippen LogP contribution in [0.15, 0.2) is 59.3 Å². The summed E-state index contributed by atoms with van der Waals surface area (Å²) in [6.45, 7) is -2.14. The molecule has 3 saturated heterocycles. The molecule has 0 aromatic heterocycles. The molecule has 0 spiro atoms. The first kappa shape index (κ1) is 41.0. The molecule has 5 aliphatic rings. The van der Waals surface area contributed by atoms with Crippen LogP contribution in [-0.4, -0.2) is 192 Å². The molecule has 16 unspecified atom stereocenters. The van der Waals surface area contributed by atoms with Crippen LogP contribution in [-0.2, 0) is 33.2 Å². The fourth-order valence-corrected chi connectivity index (χ4v) is 6.47. The number of hydrogen-bond donors (Lipinski definition) is 13. The van der Waals surface area contributed by atoms with Gasteiger partial charge in [0.2, 0.25) is 12.6 Å². The lowest BCUT2D eigenvalue weighted by Crippen LogP contribution is -2.61. The van der Waals surface area contributed by atoms with Crippen molar-refractivity contribution >= 4 is 5.76 Å². The maximum Gasteiger partial charge on any atom is 0.229 e. The van der Waals surface area contributed by atoms with Crippen molar-refractivity contribution in [2.24, 2.45) is 0 Å². The van der Waals surface area contributed by atoms with Gasteiger partial charge in [-0.25, -0.2) is 0 Å². The Kier molecular flexibility index (Phi) is 12.6. The van der Waals surface area contributed by atoms with Gasteiger partial charge in [-0.1, -0.05) is 0 Å². The summed E-state index contributed by atoms with van der Waals surface area (Å²) in [6, 6.07) is 4.06. The van der Waals surface area contributed by atoms with Crippen molar-refractivity contribution in [2.75, 3.05) is 26.9 Å². The first-order chi connectivity index (χ1) is 26.2. The summed E-state index contributed by atoms with van der Waals surface area (Å²) in [5.41, 5.74) is 0.305. The summed E-state index contributed by atoms with van der Waals surface area (Å²) in [4.78, 5) is 0. The van der Waals surface area contributed by atoms with Crippen molar-refractivity contribution in [3.8, 4) is 11.5 Å². The summed E-state index contributed by atoms with van der Waals surface area (Å²) in [5, 5.41) is 134. The van der Waals surface area contributed by atoms with Gasteiger partial charge in [0.25, 0.3) is 0 Å². The molecule has 0 amide bonds. The first-order valence-electron chi connectivity index (χ1n) is 17.1. The van der Waals surface area contributed by atoms with Gasteiger partial charge in [0, 0.05) is 23.3 Å². The number of phenols is 1. The quantitative estimate of drug-likeness (QED) is 0.100. The minimum absolute atomic E-state index is 0.00852. The van der Waals surface area contributed by atoms with Crippen LogP contribution in [0.2, 0.25) is 0 Å². The van der Waals surface area contributed by atoms with Crippen molar-refractivity contribution in [2.45, 2.75) is 98.2 Å². The molecule has 21 heteroatoms. The molecule has 4 aliphatic heterocycles. The largest absolute Gasteiger partial charge is 0.508 e. The molecule has 306 valence electrons. The molecule has 13 N–H and O–H groups in total. The van der Waals surface area contributed by atoms with Gasteiger partial charge in [0.1, 0.15) is 90.9 Å². The number of rotatable bonds is 11. The Labute approximate surface area is 311 Å². The number of aliphatic hydroxyl groups is 12. The minimum Gasteiger partial charge on any atom is -0.508 e. The first-order valence-corrected chi connectivity index (χ1v) is 17.1. The number of fused-ring (bicyclic) bond motifs is 1. The summed E-state index contributed by atoms with van der Waals surface area (Å²) in [7, 11) is 1.30. The Morgan fingerprint density at radius 2 is 1.18 bits per heavy atom. The molecule has 1 aromatic carbocycles. The van der Waals surface area contributed by atoms with E-state index in [1.54, 1.807) is 0 Å². The Morgan fingerprint density at radius 3 is 1.78 bits per heavy atom. The molecular weight excluding hydrogens is 744 g/mol. The van der Waals surface area contributed by atoms with E-state index in [4.69, 9.17) is 37.9 Å². The van der Waals surface area contributed by atoms with E-state index in [2.05, 4.69) is 0 Å². The van der Waals surface area contributed by atoms with Gasteiger partial charge in [-0.2, -0.15) is 0 Å². The van der Waals surface area contributed by atoms with Crippen molar-refractivity contribution in [3.63, 3.8) is 0 Å². The van der Waals surface area contributed by atoms with Gasteiger partial charge >= 0.3 is 0 Å². The Bertz CT molecular complexity index is 1640. The van der Waals surface area contributed by atoms with Crippen LogP contribution in [0.25, 0.3) is 5.76 Å². The molecule has 0 bridgehead atoms. The number of ether oxygens (including phenoxy) is 8. The third kappa shape index (κ3) is 8.14. The molecule has 16 atom stereocenters. The molecule has 21 nitrogen and oxygen atoms in total. The average molecular weight is 789 g/mol. The van der Waals surface area contributed by atoms with E-state index in [1.807, 2.05) is 0 Å². The predicted octanol–water partition coefficient (Wildman–Crippen LogP) is -4.81. The van der Waals surface area contributed by atoms with E-state index in [1.165, 1.54) is 37.5 Å². The number of allylic oxidation sites excluding steroid dienone is 2. The third-order valence-electron chi connectivity index (χ3n) is 9.67. The summed E-state index contributed by atoms with van der Waals surface area (Å²) >= 11 is 0. The molecule has 0 saturated carbocycles. The van der Waals surface area contributed by atoms with Crippen LogP contribution in [0, 0.1) is 0 Å². The summed E-state index contributed by atoms with van der Waals surface area (Å²) in [6.07, 6.45) is -23.0. The van der Waals surface area contributed by atoms with E-state index in [9.17, 15) is 66.4 Å². The Balaban J connectivity index is 1.31. The van der Waals surface area contributed by atoms with Crippen LogP contribution < -0.4 is 4.74 Å². The zero-order valence-corrected chi connectivity index (χ0v) is 28.9. The smallest absolute Gasteiger partial charge is 0.229 e. The van der Waals surface area contributed by atoms with Crippen LogP contribution in [0.5, 0.6) is 11.5 Å². The molecule has 55 heavy (non-hydrogen) atoms. The van der Waals surface area contributed by atoms with E-state index in [0.29, 0.717) is 0 Å². The Hall–Kier alpha value is -3.62. The van der Waals surface area contributed by atoms with Gasteiger partial charge < -0.3 is 104 Å². The van der Waals surface area contributed by atoms with Gasteiger partial charge in [-0.15, -0.1) is 0 Å². The number of benzene rings is 1. The van der Waals surface area contributed by atoms with Crippen molar-refractivity contribution in [3.05, 3.63) is 64.8 Å². The van der Waals surface area contributed by atoms with E-state index in [-0.39, 0.29) is 45.7 Å². The van der Waals surface area contributed by atoms with Crippen LogP contribution in [0.1, 0.15) is 5.56 Å². The molecular formula is C34H44O21. The standard InChI is InChI=1S/C34H44O21/c1-48-17-4-11(2-3-14(17)38)31-18(7-13-15(50-31)5-12(37)6-16(13)51-33-29(46)26(43)23(40)20(9-36)54-33)52-34-30(47)27(44)24(41)21(55-34)10-49-32-28(45)25(42)22(39)19(8-35)53-32/h2-7,15,19-30,32-47H,8-10H2,1H3. The van der Waals surface area contributed by atoms with Crippen molar-refractivity contribution in [1.82, 2.24) is 0 Å². The maximum atomic E-state index is 11.0. The predicted molar refractivity (Wildman–Crippen MR) is 176 cm³/mol. The van der Waals surface area contributed by atoms with E-state index < -0.39 is 118 Å². The number of hydrogen-bond acceptors (Lipinski definition) is 21. The lowest BCUT2D eigenvalue weighted by molar-refractivity contribution is -0.327. The molecule has 1 aromatic rings. The summed E-state index contributed by atoms with van der Waals surface area (Å²) in [5.74, 6) is -1.15. The van der Waals surface area contributed by atoms with Crippen LogP contribution in [0.4, 0.5) is 0 Å². The lowest BCUT2D eigenvalue weighted by Gasteiger charge is -2.43. The average Bonchev–Trinajstić information content (AvgIpc) is 3.17. The molecule has 6 rings (SSSR count). The molecule has 0 radical (unpaired) electrons. The second kappa shape index (κ2) is 16.9. The molecule has 3 fully saturated rings. The number of aromatic hydroxyl groups is 1. The Morgan fingerprint density at radius 1 is 0.636 bits per heavy atom. The number of phenolic OH excluding ortho intramolecular Hbond substituents is 1. The lowest BCUT2D eigenvalue weighted by atomic mass is 9.96. The summed E-state index contributed by atoms with van der Waals surface area (Å²) < 4.78 is 45.5. The fourth-order valence-electron chi connectivity index (χ4n) is 6.47. The second-order valence-corrected chi connectivity index (χ2v) is 13.3. The van der Waals surface area contributed by atoms with Gasteiger partial charge in [-0.05, 0) is 24.3 Å². The highest BCUT2D eigenvalue weighted by atomic mass is 16.7. The van der Waals surface area contributed by atoms with Crippen LogP contribution in [0.3, 0.4) is 0 Å².